The fourth-order valence-electron chi connectivity index (χ4n) is 3.35. The standard InChI is InChI=1S/C18H23NS/c1-3-19-18(14-9-7-13(2)8-10-14)16-5-4-6-17-15(16)11-12-20-17/h7-12,16,18-19H,3-6H2,1-2H3. The number of likely N-dealkylation sites (N-methyl/N-ethyl adjacent to an activating group) is 1. The van der Waals surface area contributed by atoms with E-state index in [2.05, 4.69) is 54.9 Å². The first-order valence-corrected chi connectivity index (χ1v) is 8.53. The van der Waals surface area contributed by atoms with Crippen molar-refractivity contribution in [2.45, 2.75) is 45.1 Å². The molecule has 0 bridgehead atoms. The van der Waals surface area contributed by atoms with Gasteiger partial charge in [-0.15, -0.1) is 11.3 Å². The van der Waals surface area contributed by atoms with Gasteiger partial charge in [0.15, 0.2) is 0 Å². The Labute approximate surface area is 126 Å². The first-order chi connectivity index (χ1) is 9.79. The van der Waals surface area contributed by atoms with Crippen molar-refractivity contribution in [2.75, 3.05) is 6.54 Å². The molecule has 1 heterocycles. The Morgan fingerprint density at radius 2 is 2.05 bits per heavy atom. The molecule has 0 radical (unpaired) electrons. The second-order valence-electron chi connectivity index (χ2n) is 5.74. The van der Waals surface area contributed by atoms with Crippen LogP contribution in [0.1, 0.15) is 53.3 Å². The van der Waals surface area contributed by atoms with Crippen molar-refractivity contribution in [3.05, 3.63) is 57.3 Å². The van der Waals surface area contributed by atoms with Crippen LogP contribution in [0.4, 0.5) is 0 Å². The lowest BCUT2D eigenvalue weighted by molar-refractivity contribution is 0.411. The van der Waals surface area contributed by atoms with Crippen LogP contribution < -0.4 is 5.32 Å². The lowest BCUT2D eigenvalue weighted by Gasteiger charge is -2.31. The van der Waals surface area contributed by atoms with E-state index in [9.17, 15) is 0 Å². The molecule has 1 N–H and O–H groups in total. The van der Waals surface area contributed by atoms with Crippen LogP contribution >= 0.6 is 11.3 Å². The number of hydrogen-bond donors (Lipinski definition) is 1. The van der Waals surface area contributed by atoms with E-state index in [-0.39, 0.29) is 0 Å². The smallest absolute Gasteiger partial charge is 0.0389 e. The van der Waals surface area contributed by atoms with Crippen molar-refractivity contribution in [1.29, 1.82) is 0 Å². The van der Waals surface area contributed by atoms with E-state index in [4.69, 9.17) is 0 Å². The largest absolute Gasteiger partial charge is 0.310 e. The molecule has 0 saturated heterocycles. The Hall–Kier alpha value is -1.12. The van der Waals surface area contributed by atoms with Gasteiger partial charge in [-0.05, 0) is 55.3 Å². The number of nitrogens with one attached hydrogen (secondary N) is 1. The second kappa shape index (κ2) is 6.11. The van der Waals surface area contributed by atoms with Crippen LogP contribution in [0.3, 0.4) is 0 Å². The number of benzene rings is 1. The fraction of sp³-hybridized carbons (Fsp3) is 0.444. The Bertz CT molecular complexity index is 555. The van der Waals surface area contributed by atoms with Crippen molar-refractivity contribution in [2.24, 2.45) is 0 Å². The number of thiophene rings is 1. The third-order valence-electron chi connectivity index (χ3n) is 4.36. The minimum absolute atomic E-state index is 0.453. The average molecular weight is 285 g/mol. The molecule has 1 aliphatic rings. The maximum atomic E-state index is 3.72. The molecule has 0 fully saturated rings. The van der Waals surface area contributed by atoms with Gasteiger partial charge in [0.25, 0.3) is 0 Å². The van der Waals surface area contributed by atoms with Crippen LogP contribution in [0.2, 0.25) is 0 Å². The van der Waals surface area contributed by atoms with E-state index in [1.807, 2.05) is 11.3 Å². The highest BCUT2D eigenvalue weighted by Crippen LogP contribution is 2.42. The van der Waals surface area contributed by atoms with E-state index in [0.717, 1.165) is 6.54 Å². The minimum atomic E-state index is 0.453. The number of fused-ring (bicyclic) bond motifs is 1. The van der Waals surface area contributed by atoms with Gasteiger partial charge in [-0.3, -0.25) is 0 Å². The van der Waals surface area contributed by atoms with Crippen LogP contribution in [0, 0.1) is 6.92 Å². The quantitative estimate of drug-likeness (QED) is 0.848. The van der Waals surface area contributed by atoms with Gasteiger partial charge in [0, 0.05) is 16.8 Å². The molecule has 0 saturated carbocycles. The molecule has 2 atom stereocenters. The van der Waals surface area contributed by atoms with E-state index < -0.39 is 0 Å². The zero-order chi connectivity index (χ0) is 13.9. The Kier molecular flexibility index (Phi) is 4.23. The van der Waals surface area contributed by atoms with Gasteiger partial charge in [-0.25, -0.2) is 0 Å². The molecule has 2 aromatic rings. The summed E-state index contributed by atoms with van der Waals surface area (Å²) in [7, 11) is 0. The molecule has 2 unspecified atom stereocenters. The number of aryl methyl sites for hydroxylation is 2. The molecular formula is C18H23NS. The van der Waals surface area contributed by atoms with Gasteiger partial charge in [-0.2, -0.15) is 0 Å². The molecule has 106 valence electrons. The van der Waals surface area contributed by atoms with Crippen molar-refractivity contribution in [1.82, 2.24) is 5.32 Å². The molecule has 1 aliphatic carbocycles. The molecule has 3 rings (SSSR count). The molecule has 0 spiro atoms. The second-order valence-corrected chi connectivity index (χ2v) is 6.74. The summed E-state index contributed by atoms with van der Waals surface area (Å²) < 4.78 is 0. The molecule has 1 aromatic heterocycles. The summed E-state index contributed by atoms with van der Waals surface area (Å²) in [5, 5.41) is 5.99. The Morgan fingerprint density at radius 1 is 1.25 bits per heavy atom. The minimum Gasteiger partial charge on any atom is -0.310 e. The SMILES string of the molecule is CCNC(c1ccc(C)cc1)C1CCCc2sccc21. The summed E-state index contributed by atoms with van der Waals surface area (Å²) >= 11 is 1.93. The molecule has 20 heavy (non-hydrogen) atoms. The monoisotopic (exact) mass is 285 g/mol. The van der Waals surface area contributed by atoms with E-state index in [0.29, 0.717) is 12.0 Å². The summed E-state index contributed by atoms with van der Waals surface area (Å²) in [4.78, 5) is 1.61. The van der Waals surface area contributed by atoms with Crippen molar-refractivity contribution >= 4 is 11.3 Å². The molecule has 1 nitrogen and oxygen atoms in total. The van der Waals surface area contributed by atoms with E-state index in [1.54, 1.807) is 10.4 Å². The fourth-order valence-corrected chi connectivity index (χ4v) is 4.35. The van der Waals surface area contributed by atoms with Gasteiger partial charge >= 0.3 is 0 Å². The van der Waals surface area contributed by atoms with Gasteiger partial charge in [0.2, 0.25) is 0 Å². The van der Waals surface area contributed by atoms with Gasteiger partial charge in [0.1, 0.15) is 0 Å². The summed E-state index contributed by atoms with van der Waals surface area (Å²) in [6.45, 7) is 5.39. The zero-order valence-electron chi connectivity index (χ0n) is 12.4. The lowest BCUT2D eigenvalue weighted by Crippen LogP contribution is -2.28. The number of rotatable bonds is 4. The molecule has 2 heteroatoms. The van der Waals surface area contributed by atoms with Crippen molar-refractivity contribution < 1.29 is 0 Å². The van der Waals surface area contributed by atoms with Crippen molar-refractivity contribution in [3.8, 4) is 0 Å². The Morgan fingerprint density at radius 3 is 2.80 bits per heavy atom. The summed E-state index contributed by atoms with van der Waals surface area (Å²) in [5.74, 6) is 0.632. The van der Waals surface area contributed by atoms with Gasteiger partial charge < -0.3 is 5.32 Å². The van der Waals surface area contributed by atoms with Gasteiger partial charge in [0.05, 0.1) is 0 Å². The lowest BCUT2D eigenvalue weighted by atomic mass is 9.79. The first-order valence-electron chi connectivity index (χ1n) is 7.66. The average Bonchev–Trinajstić information content (AvgIpc) is 2.94. The van der Waals surface area contributed by atoms with Crippen LogP contribution in [0.5, 0.6) is 0 Å². The van der Waals surface area contributed by atoms with Crippen LogP contribution in [0.15, 0.2) is 35.7 Å². The number of hydrogen-bond acceptors (Lipinski definition) is 2. The summed E-state index contributed by atoms with van der Waals surface area (Å²) in [6, 6.07) is 11.9. The van der Waals surface area contributed by atoms with Gasteiger partial charge in [-0.1, -0.05) is 36.8 Å². The highest BCUT2D eigenvalue weighted by molar-refractivity contribution is 7.10. The van der Waals surface area contributed by atoms with Crippen LogP contribution in [-0.4, -0.2) is 6.54 Å². The third-order valence-corrected chi connectivity index (χ3v) is 5.36. The zero-order valence-corrected chi connectivity index (χ0v) is 13.2. The van der Waals surface area contributed by atoms with E-state index in [1.165, 1.54) is 30.4 Å². The highest BCUT2D eigenvalue weighted by Gasteiger charge is 2.29. The summed E-state index contributed by atoms with van der Waals surface area (Å²) in [5.41, 5.74) is 4.36. The Balaban J connectivity index is 1.94. The highest BCUT2D eigenvalue weighted by atomic mass is 32.1. The third kappa shape index (κ3) is 2.68. The van der Waals surface area contributed by atoms with E-state index >= 15 is 0 Å². The molecule has 1 aromatic carbocycles. The molecular weight excluding hydrogens is 262 g/mol. The topological polar surface area (TPSA) is 12.0 Å². The molecule has 0 aliphatic heterocycles. The van der Waals surface area contributed by atoms with Crippen LogP contribution in [0.25, 0.3) is 0 Å². The predicted molar refractivity (Wildman–Crippen MR) is 87.6 cm³/mol. The van der Waals surface area contributed by atoms with Crippen molar-refractivity contribution in [3.63, 3.8) is 0 Å². The molecule has 0 amide bonds. The maximum Gasteiger partial charge on any atom is 0.0389 e. The summed E-state index contributed by atoms with van der Waals surface area (Å²) in [6.07, 6.45) is 3.90. The van der Waals surface area contributed by atoms with Crippen LogP contribution in [-0.2, 0) is 6.42 Å². The predicted octanol–water partition coefficient (Wildman–Crippen LogP) is 4.83. The first kappa shape index (κ1) is 13.8. The maximum absolute atomic E-state index is 3.72. The normalized spacial score (nSPS) is 19.6.